The van der Waals surface area contributed by atoms with Crippen molar-refractivity contribution in [2.75, 3.05) is 37.6 Å². The molecule has 2 fully saturated rings. The molecule has 170 valence electrons. The van der Waals surface area contributed by atoms with Crippen molar-refractivity contribution in [1.82, 2.24) is 14.8 Å². The number of carbonyl (C=O) groups excluding carboxylic acids is 2. The van der Waals surface area contributed by atoms with Gasteiger partial charge in [0.1, 0.15) is 11.9 Å². The number of anilines is 1. The summed E-state index contributed by atoms with van der Waals surface area (Å²) in [5.41, 5.74) is 0.178. The Morgan fingerprint density at radius 3 is 2.41 bits per heavy atom. The lowest BCUT2D eigenvalue weighted by Gasteiger charge is -2.38. The first-order chi connectivity index (χ1) is 15.3. The summed E-state index contributed by atoms with van der Waals surface area (Å²) in [7, 11) is 0. The maximum Gasteiger partial charge on any atom is 0.416 e. The number of hydrogen-bond acceptors (Lipinski definition) is 4. The number of hydrogen-bond donors (Lipinski definition) is 0. The average molecular weight is 446 g/mol. The van der Waals surface area contributed by atoms with E-state index in [0.29, 0.717) is 39.1 Å². The zero-order chi connectivity index (χ0) is 22.7. The van der Waals surface area contributed by atoms with Crippen LogP contribution in [0, 0.1) is 0 Å². The van der Waals surface area contributed by atoms with Crippen molar-refractivity contribution in [3.63, 3.8) is 0 Å². The van der Waals surface area contributed by atoms with Gasteiger partial charge in [-0.05, 0) is 30.5 Å². The highest BCUT2D eigenvalue weighted by molar-refractivity contribution is 5.89. The largest absolute Gasteiger partial charge is 0.416 e. The average Bonchev–Trinajstić information content (AvgIpc) is 3.29. The first kappa shape index (κ1) is 22.1. The highest BCUT2D eigenvalue weighted by Crippen LogP contribution is 2.31. The van der Waals surface area contributed by atoms with Crippen molar-refractivity contribution in [2.24, 2.45) is 0 Å². The predicted octanol–water partition coefficient (Wildman–Crippen LogP) is 2.98. The number of benzene rings is 1. The van der Waals surface area contributed by atoms with Crippen LogP contribution in [0.3, 0.4) is 0 Å². The normalized spacial score (nSPS) is 19.3. The molecule has 0 bridgehead atoms. The maximum absolute atomic E-state index is 13.1. The van der Waals surface area contributed by atoms with E-state index in [4.69, 9.17) is 0 Å². The summed E-state index contributed by atoms with van der Waals surface area (Å²) in [6, 6.07) is 11.0. The SMILES string of the molecule is O=C(C1CCCN1C(=O)Cc1ccccc1)N1CCN(c2cc(C(F)(F)F)ccn2)CC1. The highest BCUT2D eigenvalue weighted by Gasteiger charge is 2.37. The van der Waals surface area contributed by atoms with Gasteiger partial charge in [0, 0.05) is 38.9 Å². The minimum absolute atomic E-state index is 0.0566. The molecule has 0 aliphatic carbocycles. The van der Waals surface area contributed by atoms with Gasteiger partial charge in [0.2, 0.25) is 11.8 Å². The van der Waals surface area contributed by atoms with Crippen LogP contribution in [0.25, 0.3) is 0 Å². The molecule has 0 spiro atoms. The zero-order valence-corrected chi connectivity index (χ0v) is 17.6. The van der Waals surface area contributed by atoms with Crippen LogP contribution in [-0.2, 0) is 22.2 Å². The number of rotatable bonds is 4. The molecule has 0 N–H and O–H groups in total. The van der Waals surface area contributed by atoms with Crippen molar-refractivity contribution in [3.05, 3.63) is 59.8 Å². The molecule has 2 aliphatic heterocycles. The van der Waals surface area contributed by atoms with Crippen LogP contribution in [-0.4, -0.2) is 65.4 Å². The van der Waals surface area contributed by atoms with Gasteiger partial charge < -0.3 is 14.7 Å². The van der Waals surface area contributed by atoms with Crippen LogP contribution in [0.1, 0.15) is 24.0 Å². The van der Waals surface area contributed by atoms with Crippen LogP contribution < -0.4 is 4.90 Å². The van der Waals surface area contributed by atoms with Crippen LogP contribution >= 0.6 is 0 Å². The Balaban J connectivity index is 1.36. The summed E-state index contributed by atoms with van der Waals surface area (Å²) >= 11 is 0. The summed E-state index contributed by atoms with van der Waals surface area (Å²) in [6.07, 6.45) is -1.59. The van der Waals surface area contributed by atoms with Crippen LogP contribution in [0.2, 0.25) is 0 Å². The van der Waals surface area contributed by atoms with E-state index in [1.54, 1.807) is 14.7 Å². The smallest absolute Gasteiger partial charge is 0.353 e. The molecule has 0 saturated carbocycles. The van der Waals surface area contributed by atoms with Gasteiger partial charge in [-0.1, -0.05) is 30.3 Å². The topological polar surface area (TPSA) is 56.8 Å². The Labute approximate surface area is 184 Å². The minimum Gasteiger partial charge on any atom is -0.353 e. The Kier molecular flexibility index (Phi) is 6.34. The quantitative estimate of drug-likeness (QED) is 0.725. The number of carbonyl (C=O) groups is 2. The van der Waals surface area contributed by atoms with Crippen molar-refractivity contribution in [1.29, 1.82) is 0 Å². The van der Waals surface area contributed by atoms with Gasteiger partial charge in [-0.25, -0.2) is 4.98 Å². The fourth-order valence-electron chi connectivity index (χ4n) is 4.33. The minimum atomic E-state index is -4.42. The molecule has 2 aromatic rings. The third-order valence-corrected chi connectivity index (χ3v) is 6.04. The number of likely N-dealkylation sites (tertiary alicyclic amines) is 1. The van der Waals surface area contributed by atoms with Crippen molar-refractivity contribution in [3.8, 4) is 0 Å². The van der Waals surface area contributed by atoms with Crippen molar-refractivity contribution >= 4 is 17.6 Å². The third kappa shape index (κ3) is 4.87. The Morgan fingerprint density at radius 1 is 1.00 bits per heavy atom. The number of aromatic nitrogens is 1. The van der Waals surface area contributed by atoms with E-state index in [0.717, 1.165) is 30.3 Å². The number of piperazine rings is 1. The molecule has 2 saturated heterocycles. The van der Waals surface area contributed by atoms with Gasteiger partial charge in [-0.15, -0.1) is 0 Å². The highest BCUT2D eigenvalue weighted by atomic mass is 19.4. The lowest BCUT2D eigenvalue weighted by atomic mass is 10.1. The monoisotopic (exact) mass is 446 g/mol. The van der Waals surface area contributed by atoms with E-state index in [1.165, 1.54) is 0 Å². The van der Waals surface area contributed by atoms with Crippen LogP contribution in [0.5, 0.6) is 0 Å². The lowest BCUT2D eigenvalue weighted by Crippen LogP contribution is -2.54. The zero-order valence-electron chi connectivity index (χ0n) is 17.6. The molecule has 6 nitrogen and oxygen atoms in total. The molecule has 1 aromatic carbocycles. The molecular formula is C23H25F3N4O2. The van der Waals surface area contributed by atoms with Crippen molar-refractivity contribution in [2.45, 2.75) is 31.5 Å². The molecule has 32 heavy (non-hydrogen) atoms. The van der Waals surface area contributed by atoms with Gasteiger partial charge in [0.05, 0.1) is 12.0 Å². The van der Waals surface area contributed by atoms with Gasteiger partial charge in [0.25, 0.3) is 0 Å². The van der Waals surface area contributed by atoms with Gasteiger partial charge in [-0.2, -0.15) is 13.2 Å². The molecule has 1 atom stereocenters. The van der Waals surface area contributed by atoms with E-state index in [-0.39, 0.29) is 24.1 Å². The second-order valence-corrected chi connectivity index (χ2v) is 8.12. The molecule has 3 heterocycles. The first-order valence-corrected chi connectivity index (χ1v) is 10.7. The summed E-state index contributed by atoms with van der Waals surface area (Å²) < 4.78 is 39.0. The molecule has 2 aliphatic rings. The molecule has 1 aromatic heterocycles. The van der Waals surface area contributed by atoms with Gasteiger partial charge in [0.15, 0.2) is 0 Å². The molecule has 4 rings (SSSR count). The number of pyridine rings is 1. The fraction of sp³-hybridized carbons (Fsp3) is 0.435. The summed E-state index contributed by atoms with van der Waals surface area (Å²) in [5.74, 6) is 0.117. The van der Waals surface area contributed by atoms with Crippen molar-refractivity contribution < 1.29 is 22.8 Å². The van der Waals surface area contributed by atoms with Crippen LogP contribution in [0.15, 0.2) is 48.7 Å². The standard InChI is InChI=1S/C23H25F3N4O2/c24-23(25,26)18-8-9-27-20(16-18)28-11-13-29(14-12-28)22(32)19-7-4-10-30(19)21(31)15-17-5-2-1-3-6-17/h1-3,5-6,8-9,16,19H,4,7,10-15H2. The van der Waals surface area contributed by atoms with E-state index < -0.39 is 17.8 Å². The summed E-state index contributed by atoms with van der Waals surface area (Å²) in [6.45, 7) is 2.12. The van der Waals surface area contributed by atoms with Crippen LogP contribution in [0.4, 0.5) is 19.0 Å². The molecule has 9 heteroatoms. The maximum atomic E-state index is 13.1. The Hall–Kier alpha value is -3.10. The molecule has 0 radical (unpaired) electrons. The Bertz CT molecular complexity index is 959. The Morgan fingerprint density at radius 2 is 1.72 bits per heavy atom. The third-order valence-electron chi connectivity index (χ3n) is 6.04. The second-order valence-electron chi connectivity index (χ2n) is 8.12. The van der Waals surface area contributed by atoms with E-state index in [1.807, 2.05) is 30.3 Å². The fourth-order valence-corrected chi connectivity index (χ4v) is 4.33. The lowest BCUT2D eigenvalue weighted by molar-refractivity contribution is -0.143. The molecule has 1 unspecified atom stereocenters. The second kappa shape index (κ2) is 9.18. The number of alkyl halides is 3. The first-order valence-electron chi connectivity index (χ1n) is 10.7. The van der Waals surface area contributed by atoms with E-state index >= 15 is 0 Å². The number of nitrogens with zero attached hydrogens (tertiary/aromatic N) is 4. The van der Waals surface area contributed by atoms with E-state index in [2.05, 4.69) is 4.98 Å². The summed E-state index contributed by atoms with van der Waals surface area (Å²) in [5, 5.41) is 0. The molecule has 2 amide bonds. The van der Waals surface area contributed by atoms with E-state index in [9.17, 15) is 22.8 Å². The number of halogens is 3. The summed E-state index contributed by atoms with van der Waals surface area (Å²) in [4.78, 5) is 35.2. The number of amides is 2. The van der Waals surface area contributed by atoms with Gasteiger partial charge >= 0.3 is 6.18 Å². The predicted molar refractivity (Wildman–Crippen MR) is 113 cm³/mol. The molecular weight excluding hydrogens is 421 g/mol. The van der Waals surface area contributed by atoms with Gasteiger partial charge in [-0.3, -0.25) is 9.59 Å².